The van der Waals surface area contributed by atoms with Gasteiger partial charge in [0.05, 0.1) is 0 Å². The van der Waals surface area contributed by atoms with Crippen LogP contribution in [0.3, 0.4) is 0 Å². The van der Waals surface area contributed by atoms with Gasteiger partial charge >= 0.3 is 6.18 Å². The molecule has 43 heavy (non-hydrogen) atoms. The number of alkyl halides is 3. The molecule has 8 nitrogen and oxygen atoms in total. The Bertz CT molecular complexity index is 1370. The van der Waals surface area contributed by atoms with Crippen LogP contribution in [0.1, 0.15) is 87.0 Å². The normalized spacial score (nSPS) is 21.3. The van der Waals surface area contributed by atoms with Gasteiger partial charge in [-0.05, 0) is 75.2 Å². The Morgan fingerprint density at radius 3 is 2.26 bits per heavy atom. The molecule has 0 radical (unpaired) electrons. The van der Waals surface area contributed by atoms with E-state index in [1.807, 2.05) is 11.8 Å². The summed E-state index contributed by atoms with van der Waals surface area (Å²) >= 11 is 0. The average molecular weight is 596 g/mol. The van der Waals surface area contributed by atoms with Gasteiger partial charge in [-0.3, -0.25) is 4.79 Å². The van der Waals surface area contributed by atoms with E-state index in [0.717, 1.165) is 88.0 Å². The van der Waals surface area contributed by atoms with Crippen LogP contribution >= 0.6 is 0 Å². The van der Waals surface area contributed by atoms with Gasteiger partial charge in [-0.2, -0.15) is 22.9 Å². The number of amides is 1. The lowest BCUT2D eigenvalue weighted by molar-refractivity contribution is -0.147. The number of aromatic nitrogens is 3. The fourth-order valence-corrected chi connectivity index (χ4v) is 6.97. The molecular formula is C32H40F3N7O. The lowest BCUT2D eigenvalue weighted by atomic mass is 9.88. The highest BCUT2D eigenvalue weighted by atomic mass is 19.4. The Labute approximate surface area is 251 Å². The summed E-state index contributed by atoms with van der Waals surface area (Å²) in [5, 5.41) is 11.3. The number of fused-ring (bicyclic) bond motifs is 1. The van der Waals surface area contributed by atoms with E-state index in [-0.39, 0.29) is 11.7 Å². The predicted octanol–water partition coefficient (Wildman–Crippen LogP) is 4.75. The highest BCUT2D eigenvalue weighted by Crippen LogP contribution is 2.32. The topological polar surface area (TPSA) is 69.9 Å². The average Bonchev–Trinajstić information content (AvgIpc) is 3.48. The first-order valence-corrected chi connectivity index (χ1v) is 15.8. The van der Waals surface area contributed by atoms with Gasteiger partial charge in [0, 0.05) is 63.0 Å². The first-order valence-electron chi connectivity index (χ1n) is 15.8. The second-order valence-corrected chi connectivity index (χ2v) is 12.2. The summed E-state index contributed by atoms with van der Waals surface area (Å²) in [4.78, 5) is 18.7. The highest BCUT2D eigenvalue weighted by molar-refractivity contribution is 5.83. The Morgan fingerprint density at radius 2 is 1.60 bits per heavy atom. The van der Waals surface area contributed by atoms with Crippen LogP contribution in [0.25, 0.3) is 0 Å². The number of rotatable bonds is 3. The molecule has 1 amide bonds. The molecule has 1 aromatic carbocycles. The molecule has 230 valence electrons. The van der Waals surface area contributed by atoms with Crippen LogP contribution in [0.15, 0.2) is 29.4 Å². The first-order chi connectivity index (χ1) is 20.8. The van der Waals surface area contributed by atoms with Crippen molar-refractivity contribution in [1.29, 1.82) is 0 Å². The SMILES string of the molecule is CCC(=O)N1CCC(N2CCC(C#Cc3ccc(C4CCN(C5=Nn6c(nnc6C(F)(F)F)CC5)CC4)cc3)CC2)CC1. The van der Waals surface area contributed by atoms with Crippen molar-refractivity contribution >= 4 is 11.7 Å². The molecule has 3 saturated heterocycles. The Kier molecular flexibility index (Phi) is 8.75. The number of aryl methyl sites for hydroxylation is 1. The molecule has 0 N–H and O–H groups in total. The number of benzene rings is 1. The number of hydrogen-bond acceptors (Lipinski definition) is 6. The van der Waals surface area contributed by atoms with Crippen molar-refractivity contribution in [3.8, 4) is 11.8 Å². The molecule has 5 heterocycles. The largest absolute Gasteiger partial charge is 0.453 e. The van der Waals surface area contributed by atoms with E-state index in [4.69, 9.17) is 0 Å². The maximum Gasteiger partial charge on any atom is 0.453 e. The number of nitrogens with zero attached hydrogens (tertiary/aromatic N) is 7. The molecule has 2 aromatic rings. The predicted molar refractivity (Wildman–Crippen MR) is 157 cm³/mol. The first kappa shape index (κ1) is 29.7. The van der Waals surface area contributed by atoms with Crippen molar-refractivity contribution in [3.05, 3.63) is 47.0 Å². The van der Waals surface area contributed by atoms with E-state index in [1.165, 1.54) is 5.56 Å². The molecule has 0 saturated carbocycles. The van der Waals surface area contributed by atoms with Crippen LogP contribution in [0.4, 0.5) is 13.2 Å². The zero-order valence-corrected chi connectivity index (χ0v) is 24.8. The standard InChI is InChI=1S/C32H40F3N7O/c1-2-30(43)41-21-15-27(16-22-41)39-17-11-24(12-18-39)4-3-23-5-7-25(8-6-23)26-13-19-40(20-14-26)29-10-9-28-36-37-31(32(33,34)35)42(28)38-29/h5-8,24,26-27H,2,9-22H2,1H3. The summed E-state index contributed by atoms with van der Waals surface area (Å²) in [6.07, 6.45) is 3.21. The van der Waals surface area contributed by atoms with Gasteiger partial charge in [-0.1, -0.05) is 30.9 Å². The number of hydrogen-bond donors (Lipinski definition) is 0. The van der Waals surface area contributed by atoms with E-state index in [1.54, 1.807) is 0 Å². The minimum Gasteiger partial charge on any atom is -0.359 e. The van der Waals surface area contributed by atoms with Crippen molar-refractivity contribution in [2.45, 2.75) is 82.8 Å². The molecule has 0 aliphatic carbocycles. The summed E-state index contributed by atoms with van der Waals surface area (Å²) in [5.41, 5.74) is 2.33. The number of carbonyl (C=O) groups is 1. The molecule has 3 fully saturated rings. The second kappa shape index (κ2) is 12.7. The maximum absolute atomic E-state index is 13.3. The number of halogens is 3. The molecule has 0 spiro atoms. The van der Waals surface area contributed by atoms with Crippen LogP contribution in [-0.2, 0) is 17.4 Å². The minimum atomic E-state index is -4.58. The lowest BCUT2D eigenvalue weighted by Gasteiger charge is -2.41. The summed E-state index contributed by atoms with van der Waals surface area (Å²) < 4.78 is 40.7. The van der Waals surface area contributed by atoms with Gasteiger partial charge < -0.3 is 14.7 Å². The van der Waals surface area contributed by atoms with Crippen LogP contribution in [0.2, 0.25) is 0 Å². The summed E-state index contributed by atoms with van der Waals surface area (Å²) in [5.74, 6) is 7.92. The molecule has 0 unspecified atom stereocenters. The zero-order valence-electron chi connectivity index (χ0n) is 24.8. The van der Waals surface area contributed by atoms with Crippen LogP contribution in [0.5, 0.6) is 0 Å². The van der Waals surface area contributed by atoms with Crippen molar-refractivity contribution in [3.63, 3.8) is 0 Å². The van der Waals surface area contributed by atoms with Gasteiger partial charge in [-0.25, -0.2) is 0 Å². The summed E-state index contributed by atoms with van der Waals surface area (Å²) in [7, 11) is 0. The molecule has 11 heteroatoms. The molecule has 6 rings (SSSR count). The van der Waals surface area contributed by atoms with Gasteiger partial charge in [-0.15, -0.1) is 10.2 Å². The molecule has 1 aromatic heterocycles. The molecule has 0 bridgehead atoms. The zero-order chi connectivity index (χ0) is 30.0. The van der Waals surface area contributed by atoms with Gasteiger partial charge in [0.15, 0.2) is 5.82 Å². The quantitative estimate of drug-likeness (QED) is 0.480. The van der Waals surface area contributed by atoms with Gasteiger partial charge in [0.25, 0.3) is 5.82 Å². The smallest absolute Gasteiger partial charge is 0.359 e. The van der Waals surface area contributed by atoms with E-state index < -0.39 is 12.0 Å². The second-order valence-electron chi connectivity index (χ2n) is 12.2. The van der Waals surface area contributed by atoms with Crippen LogP contribution in [0, 0.1) is 17.8 Å². The van der Waals surface area contributed by atoms with E-state index >= 15 is 0 Å². The molecule has 4 aliphatic rings. The number of carbonyl (C=O) groups excluding carboxylic acids is 1. The van der Waals surface area contributed by atoms with E-state index in [9.17, 15) is 18.0 Å². The molecule has 0 atom stereocenters. The van der Waals surface area contributed by atoms with Crippen LogP contribution < -0.4 is 0 Å². The van der Waals surface area contributed by atoms with Crippen molar-refractivity contribution in [2.75, 3.05) is 39.3 Å². The minimum absolute atomic E-state index is 0.262. The van der Waals surface area contributed by atoms with E-state index in [0.29, 0.717) is 43.0 Å². The van der Waals surface area contributed by atoms with Crippen molar-refractivity contribution in [2.24, 2.45) is 11.0 Å². The van der Waals surface area contributed by atoms with Crippen LogP contribution in [-0.4, -0.2) is 86.6 Å². The lowest BCUT2D eigenvalue weighted by Crippen LogP contribution is -2.48. The Hall–Kier alpha value is -3.39. The number of piperidine rings is 3. The number of likely N-dealkylation sites (tertiary alicyclic amines) is 3. The Morgan fingerprint density at radius 1 is 0.907 bits per heavy atom. The summed E-state index contributed by atoms with van der Waals surface area (Å²) in [6.45, 7) is 7.40. The maximum atomic E-state index is 13.3. The third-order valence-electron chi connectivity index (χ3n) is 9.57. The van der Waals surface area contributed by atoms with Crippen molar-refractivity contribution < 1.29 is 18.0 Å². The monoisotopic (exact) mass is 595 g/mol. The molecule has 4 aliphatic heterocycles. The Balaban J connectivity index is 0.968. The third kappa shape index (κ3) is 6.74. The fourth-order valence-electron chi connectivity index (χ4n) is 6.97. The number of amidine groups is 1. The summed E-state index contributed by atoms with van der Waals surface area (Å²) in [6, 6.07) is 9.19. The third-order valence-corrected chi connectivity index (χ3v) is 9.57. The highest BCUT2D eigenvalue weighted by Gasteiger charge is 2.40. The van der Waals surface area contributed by atoms with E-state index in [2.05, 4.69) is 61.2 Å². The van der Waals surface area contributed by atoms with Gasteiger partial charge in [0.1, 0.15) is 5.84 Å². The fraction of sp³-hybridized carbons (Fsp3) is 0.625. The molecular weight excluding hydrogens is 555 g/mol. The van der Waals surface area contributed by atoms with Crippen molar-refractivity contribution in [1.82, 2.24) is 29.6 Å². The van der Waals surface area contributed by atoms with Gasteiger partial charge in [0.2, 0.25) is 5.91 Å².